The molecule has 3 aromatic carbocycles. The second kappa shape index (κ2) is 7.03. The lowest BCUT2D eigenvalue weighted by molar-refractivity contribution is -0.384. The summed E-state index contributed by atoms with van der Waals surface area (Å²) in [6.45, 7) is 2.17. The second-order valence-corrected chi connectivity index (χ2v) is 6.51. The van der Waals surface area contributed by atoms with E-state index in [1.54, 1.807) is 12.1 Å². The van der Waals surface area contributed by atoms with Gasteiger partial charge in [0.05, 0.1) is 16.0 Å². The molecule has 1 aromatic heterocycles. The number of nitro benzene ring substituents is 1. The first-order valence-electron chi connectivity index (χ1n) is 8.95. The number of non-ortho nitro benzene ring substituents is 1. The van der Waals surface area contributed by atoms with Gasteiger partial charge in [-0.3, -0.25) is 10.1 Å². The number of hydrogen-bond acceptors (Lipinski definition) is 3. The summed E-state index contributed by atoms with van der Waals surface area (Å²) in [5, 5.41) is 11.1. The molecule has 0 radical (unpaired) electrons. The maximum Gasteiger partial charge on any atom is 0.270 e. The smallest absolute Gasteiger partial charge is 0.270 e. The van der Waals surface area contributed by atoms with Crippen molar-refractivity contribution in [3.05, 3.63) is 94.0 Å². The van der Waals surface area contributed by atoms with E-state index in [2.05, 4.69) is 47.2 Å². The summed E-state index contributed by atoms with van der Waals surface area (Å²) in [6, 6.07) is 23.1. The highest BCUT2D eigenvalue weighted by atomic mass is 16.6. The number of nitrogens with zero attached hydrogens (tertiary/aromatic N) is 2. The number of H-pyrrole nitrogens is 1. The van der Waals surface area contributed by atoms with E-state index in [1.165, 1.54) is 17.2 Å². The average Bonchev–Trinajstić information content (AvgIpc) is 3.15. The molecule has 5 nitrogen and oxygen atoms in total. The summed E-state index contributed by atoms with van der Waals surface area (Å²) in [7, 11) is 0. The van der Waals surface area contributed by atoms with Gasteiger partial charge in [-0.1, -0.05) is 61.5 Å². The molecule has 5 heteroatoms. The number of fused-ring (bicyclic) bond motifs is 1. The van der Waals surface area contributed by atoms with Crippen molar-refractivity contribution in [3.63, 3.8) is 0 Å². The predicted octanol–water partition coefficient (Wildman–Crippen LogP) is 5.68. The molecule has 0 aliphatic heterocycles. The first kappa shape index (κ1) is 17.0. The topological polar surface area (TPSA) is 71.8 Å². The van der Waals surface area contributed by atoms with Crippen LogP contribution in [0.5, 0.6) is 0 Å². The number of nitrogens with one attached hydrogen (secondary N) is 1. The quantitative estimate of drug-likeness (QED) is 0.369. The number of nitro groups is 1. The first-order valence-corrected chi connectivity index (χ1v) is 8.95. The molecular weight excluding hydrogens is 338 g/mol. The third kappa shape index (κ3) is 3.19. The van der Waals surface area contributed by atoms with Gasteiger partial charge in [0, 0.05) is 23.6 Å². The van der Waals surface area contributed by atoms with Crippen LogP contribution >= 0.6 is 0 Å². The number of benzene rings is 3. The maximum atomic E-state index is 11.1. The van der Waals surface area contributed by atoms with Gasteiger partial charge < -0.3 is 4.98 Å². The van der Waals surface area contributed by atoms with Gasteiger partial charge in [0.25, 0.3) is 5.69 Å². The van der Waals surface area contributed by atoms with E-state index in [0.717, 1.165) is 17.5 Å². The summed E-state index contributed by atoms with van der Waals surface area (Å²) in [4.78, 5) is 18.8. The van der Waals surface area contributed by atoms with E-state index in [-0.39, 0.29) is 16.5 Å². The zero-order valence-electron chi connectivity index (χ0n) is 14.9. The number of para-hydroxylation sites is 1. The van der Waals surface area contributed by atoms with Crippen molar-refractivity contribution in [3.8, 4) is 11.4 Å². The molecular formula is C22H19N3O2. The van der Waals surface area contributed by atoms with Crippen LogP contribution in [-0.2, 0) is 0 Å². The van der Waals surface area contributed by atoms with Crippen LogP contribution in [0.15, 0.2) is 72.8 Å². The number of imidazole rings is 1. The number of aromatic nitrogens is 2. The zero-order chi connectivity index (χ0) is 18.8. The van der Waals surface area contributed by atoms with Gasteiger partial charge in [-0.25, -0.2) is 4.98 Å². The van der Waals surface area contributed by atoms with E-state index < -0.39 is 0 Å². The zero-order valence-corrected chi connectivity index (χ0v) is 14.9. The van der Waals surface area contributed by atoms with Crippen molar-refractivity contribution in [2.24, 2.45) is 0 Å². The largest absolute Gasteiger partial charge is 0.338 e. The van der Waals surface area contributed by atoms with Crippen LogP contribution in [0, 0.1) is 10.1 Å². The lowest BCUT2D eigenvalue weighted by Gasteiger charge is -2.16. The molecule has 0 spiro atoms. The van der Waals surface area contributed by atoms with Crippen LogP contribution < -0.4 is 0 Å². The lowest BCUT2D eigenvalue weighted by Crippen LogP contribution is -2.00. The first-order chi connectivity index (χ1) is 13.2. The number of aromatic amines is 1. The Morgan fingerprint density at radius 2 is 1.81 bits per heavy atom. The molecule has 134 valence electrons. The van der Waals surface area contributed by atoms with E-state index >= 15 is 0 Å². The van der Waals surface area contributed by atoms with Gasteiger partial charge in [0.2, 0.25) is 0 Å². The molecule has 0 bridgehead atoms. The molecule has 27 heavy (non-hydrogen) atoms. The van der Waals surface area contributed by atoms with Gasteiger partial charge in [-0.15, -0.1) is 0 Å². The van der Waals surface area contributed by atoms with E-state index in [4.69, 9.17) is 0 Å². The number of rotatable bonds is 5. The lowest BCUT2D eigenvalue weighted by atomic mass is 9.88. The van der Waals surface area contributed by atoms with Crippen molar-refractivity contribution in [2.75, 3.05) is 0 Å². The van der Waals surface area contributed by atoms with Crippen molar-refractivity contribution < 1.29 is 4.92 Å². The minimum atomic E-state index is -0.389. The van der Waals surface area contributed by atoms with E-state index in [1.807, 2.05) is 24.3 Å². The van der Waals surface area contributed by atoms with Gasteiger partial charge in [0.1, 0.15) is 5.82 Å². The molecule has 0 saturated carbocycles. The standard InChI is InChI=1S/C22H19N3O2/c1-2-18(15-8-4-3-5-9-15)19-12-7-13-20-21(19)24-22(23-20)16-10-6-11-17(14-16)25(26)27/h3-14,18H,2H2,1H3,(H,23,24). The molecule has 1 atom stereocenters. The molecule has 4 rings (SSSR count). The van der Waals surface area contributed by atoms with Crippen LogP contribution in [-0.4, -0.2) is 14.9 Å². The Morgan fingerprint density at radius 3 is 2.56 bits per heavy atom. The third-order valence-corrected chi connectivity index (χ3v) is 4.87. The minimum Gasteiger partial charge on any atom is -0.338 e. The molecule has 4 aromatic rings. The van der Waals surface area contributed by atoms with Crippen LogP contribution in [0.4, 0.5) is 5.69 Å². The summed E-state index contributed by atoms with van der Waals surface area (Å²) in [6.07, 6.45) is 0.967. The van der Waals surface area contributed by atoms with Crippen LogP contribution in [0.1, 0.15) is 30.4 Å². The summed E-state index contributed by atoms with van der Waals surface area (Å²) < 4.78 is 0. The molecule has 0 amide bonds. The summed E-state index contributed by atoms with van der Waals surface area (Å²) in [5.74, 6) is 0.900. The van der Waals surface area contributed by atoms with E-state index in [9.17, 15) is 10.1 Å². The van der Waals surface area contributed by atoms with Gasteiger partial charge in [0.15, 0.2) is 0 Å². The van der Waals surface area contributed by atoms with Crippen LogP contribution in [0.3, 0.4) is 0 Å². The summed E-state index contributed by atoms with van der Waals surface area (Å²) in [5.41, 5.74) is 5.06. The number of hydrogen-bond donors (Lipinski definition) is 1. The molecule has 1 N–H and O–H groups in total. The van der Waals surface area contributed by atoms with Crippen molar-refractivity contribution >= 4 is 16.7 Å². The highest BCUT2D eigenvalue weighted by Crippen LogP contribution is 2.33. The van der Waals surface area contributed by atoms with Crippen molar-refractivity contribution in [1.82, 2.24) is 9.97 Å². The molecule has 0 saturated heterocycles. The Balaban J connectivity index is 1.83. The van der Waals surface area contributed by atoms with Crippen LogP contribution in [0.25, 0.3) is 22.4 Å². The monoisotopic (exact) mass is 357 g/mol. The Hall–Kier alpha value is -3.47. The van der Waals surface area contributed by atoms with Crippen molar-refractivity contribution in [1.29, 1.82) is 0 Å². The Labute approximate surface area is 156 Å². The molecule has 1 unspecified atom stereocenters. The Bertz CT molecular complexity index is 1100. The Morgan fingerprint density at radius 1 is 1.04 bits per heavy atom. The van der Waals surface area contributed by atoms with Crippen molar-refractivity contribution in [2.45, 2.75) is 19.3 Å². The van der Waals surface area contributed by atoms with Gasteiger partial charge in [-0.05, 0) is 23.6 Å². The summed E-state index contributed by atoms with van der Waals surface area (Å²) >= 11 is 0. The molecule has 0 aliphatic rings. The average molecular weight is 357 g/mol. The fourth-order valence-corrected chi connectivity index (χ4v) is 3.57. The van der Waals surface area contributed by atoms with E-state index in [0.29, 0.717) is 11.4 Å². The Kier molecular flexibility index (Phi) is 4.42. The highest BCUT2D eigenvalue weighted by Gasteiger charge is 2.18. The fraction of sp³-hybridized carbons (Fsp3) is 0.136. The molecule has 1 heterocycles. The maximum absolute atomic E-state index is 11.1. The highest BCUT2D eigenvalue weighted by molar-refractivity contribution is 5.83. The van der Waals surface area contributed by atoms with Crippen LogP contribution in [0.2, 0.25) is 0 Å². The molecule has 0 aliphatic carbocycles. The fourth-order valence-electron chi connectivity index (χ4n) is 3.57. The van der Waals surface area contributed by atoms with Gasteiger partial charge in [-0.2, -0.15) is 0 Å². The second-order valence-electron chi connectivity index (χ2n) is 6.51. The molecule has 0 fully saturated rings. The normalized spacial score (nSPS) is 12.2. The SMILES string of the molecule is CCC(c1ccccc1)c1cccc2nc(-c3cccc([N+](=O)[O-])c3)[nH]c12. The third-order valence-electron chi connectivity index (χ3n) is 4.87. The van der Waals surface area contributed by atoms with Gasteiger partial charge >= 0.3 is 0 Å². The minimum absolute atomic E-state index is 0.0592. The predicted molar refractivity (Wildman–Crippen MR) is 107 cm³/mol.